The first kappa shape index (κ1) is 16.8. The lowest BCUT2D eigenvalue weighted by atomic mass is 10.1. The van der Waals surface area contributed by atoms with Crippen molar-refractivity contribution >= 4 is 11.2 Å². The predicted molar refractivity (Wildman–Crippen MR) is 82.5 cm³/mol. The van der Waals surface area contributed by atoms with Crippen LogP contribution in [0.5, 0.6) is 0 Å². The largest absolute Gasteiger partial charge is 0.394 e. The monoisotopic (exact) mass is 340 g/mol. The maximum atomic E-state index is 12.7. The Kier molecular flexibility index (Phi) is 4.54. The number of aliphatic hydroxyl groups is 3. The Morgan fingerprint density at radius 1 is 1.33 bits per heavy atom. The van der Waals surface area contributed by atoms with Crippen molar-refractivity contribution < 1.29 is 20.1 Å². The van der Waals surface area contributed by atoms with Crippen molar-refractivity contribution in [3.63, 3.8) is 0 Å². The Morgan fingerprint density at radius 2 is 2.08 bits per heavy atom. The van der Waals surface area contributed by atoms with E-state index in [-0.39, 0.29) is 17.7 Å². The van der Waals surface area contributed by atoms with Crippen LogP contribution in [-0.4, -0.2) is 59.3 Å². The van der Waals surface area contributed by atoms with E-state index >= 15 is 0 Å². The standard InChI is InChI=1S/C14H20N4O6/c1-2-3-4-17-12(22)8-11(16-14(17)23)15-6-18(8)13-10(21)9(20)7(5-19)24-13/h6-7,9-10,13,19-21H,2-5H2,1H3,(H,16,23)/t7-,9-,10-,13-/m1/s1. The molecule has 10 heteroatoms. The normalized spacial score (nSPS) is 27.2. The molecule has 10 nitrogen and oxygen atoms in total. The Bertz CT molecular complexity index is 840. The van der Waals surface area contributed by atoms with Crippen LogP contribution in [0.15, 0.2) is 15.9 Å². The average Bonchev–Trinajstić information content (AvgIpc) is 3.09. The van der Waals surface area contributed by atoms with E-state index in [1.807, 2.05) is 6.92 Å². The van der Waals surface area contributed by atoms with Crippen molar-refractivity contribution in [2.75, 3.05) is 6.61 Å². The second kappa shape index (κ2) is 6.48. The van der Waals surface area contributed by atoms with Crippen molar-refractivity contribution in [1.29, 1.82) is 0 Å². The molecule has 1 aliphatic heterocycles. The first-order valence-electron chi connectivity index (χ1n) is 7.81. The van der Waals surface area contributed by atoms with E-state index < -0.39 is 42.4 Å². The van der Waals surface area contributed by atoms with Gasteiger partial charge in [0.15, 0.2) is 17.4 Å². The predicted octanol–water partition coefficient (Wildman–Crippen LogP) is -1.70. The molecule has 4 atom stereocenters. The first-order chi connectivity index (χ1) is 11.5. The molecule has 1 aliphatic rings. The summed E-state index contributed by atoms with van der Waals surface area (Å²) in [4.78, 5) is 31.2. The third kappa shape index (κ3) is 2.57. The fourth-order valence-electron chi connectivity index (χ4n) is 2.88. The number of aliphatic hydroxyl groups excluding tert-OH is 3. The number of nitrogens with zero attached hydrogens (tertiary/aromatic N) is 3. The summed E-state index contributed by atoms with van der Waals surface area (Å²) in [7, 11) is 0. The summed E-state index contributed by atoms with van der Waals surface area (Å²) in [5, 5.41) is 29.2. The summed E-state index contributed by atoms with van der Waals surface area (Å²) in [5.41, 5.74) is -0.944. The van der Waals surface area contributed by atoms with Crippen LogP contribution in [0.1, 0.15) is 26.0 Å². The summed E-state index contributed by atoms with van der Waals surface area (Å²) in [6.45, 7) is 1.74. The van der Waals surface area contributed by atoms with E-state index in [1.54, 1.807) is 0 Å². The second-order valence-electron chi connectivity index (χ2n) is 5.82. The number of rotatable bonds is 5. The average molecular weight is 340 g/mol. The fraction of sp³-hybridized carbons (Fsp3) is 0.643. The topological polar surface area (TPSA) is 143 Å². The van der Waals surface area contributed by atoms with E-state index in [1.165, 1.54) is 10.9 Å². The molecule has 0 spiro atoms. The molecule has 0 bridgehead atoms. The van der Waals surface area contributed by atoms with Gasteiger partial charge in [-0.25, -0.2) is 9.78 Å². The summed E-state index contributed by atoms with van der Waals surface area (Å²) in [6, 6.07) is 0. The number of nitrogens with one attached hydrogen (secondary N) is 1. The van der Waals surface area contributed by atoms with E-state index in [2.05, 4.69) is 9.97 Å². The Hall–Kier alpha value is -2.01. The molecule has 0 amide bonds. The highest BCUT2D eigenvalue weighted by Gasteiger charge is 2.44. The van der Waals surface area contributed by atoms with Gasteiger partial charge in [-0.05, 0) is 6.42 Å². The molecule has 0 unspecified atom stereocenters. The van der Waals surface area contributed by atoms with E-state index in [9.17, 15) is 24.9 Å². The van der Waals surface area contributed by atoms with Crippen LogP contribution in [0, 0.1) is 0 Å². The lowest BCUT2D eigenvalue weighted by molar-refractivity contribution is -0.0509. The van der Waals surface area contributed by atoms with Gasteiger partial charge >= 0.3 is 5.69 Å². The van der Waals surface area contributed by atoms with Crippen molar-refractivity contribution in [2.24, 2.45) is 0 Å². The molecular formula is C14H20N4O6. The highest BCUT2D eigenvalue weighted by Crippen LogP contribution is 2.30. The molecule has 2 aromatic heterocycles. The highest BCUT2D eigenvalue weighted by atomic mass is 16.6. The Labute approximate surface area is 135 Å². The van der Waals surface area contributed by atoms with Crippen molar-refractivity contribution in [2.45, 2.75) is 50.8 Å². The molecule has 3 rings (SSSR count). The fourth-order valence-corrected chi connectivity index (χ4v) is 2.88. The van der Waals surface area contributed by atoms with E-state index in [0.29, 0.717) is 6.42 Å². The minimum Gasteiger partial charge on any atom is -0.394 e. The number of aromatic amines is 1. The van der Waals surface area contributed by atoms with Gasteiger partial charge < -0.3 is 20.1 Å². The van der Waals surface area contributed by atoms with Gasteiger partial charge in [-0.1, -0.05) is 13.3 Å². The summed E-state index contributed by atoms with van der Waals surface area (Å²) in [6.07, 6.45) is -1.94. The third-order valence-electron chi connectivity index (χ3n) is 4.24. The number of aromatic nitrogens is 4. The molecule has 24 heavy (non-hydrogen) atoms. The SMILES string of the molecule is CCCCn1c(=O)[nH]c2ncn([C@@H]3O[C@H](CO)[C@@H](O)[C@H]3O)c2c1=O. The van der Waals surface area contributed by atoms with E-state index in [0.717, 1.165) is 11.0 Å². The molecule has 1 fully saturated rings. The van der Waals surface area contributed by atoms with Gasteiger partial charge in [0, 0.05) is 6.54 Å². The minimum atomic E-state index is -1.34. The van der Waals surface area contributed by atoms with Gasteiger partial charge in [-0.15, -0.1) is 0 Å². The van der Waals surface area contributed by atoms with Gasteiger partial charge in [0.25, 0.3) is 5.56 Å². The second-order valence-corrected chi connectivity index (χ2v) is 5.82. The van der Waals surface area contributed by atoms with Crippen LogP contribution >= 0.6 is 0 Å². The molecule has 4 N–H and O–H groups in total. The molecule has 0 aliphatic carbocycles. The molecule has 132 valence electrons. The zero-order chi connectivity index (χ0) is 17.4. The Morgan fingerprint density at radius 3 is 2.71 bits per heavy atom. The highest BCUT2D eigenvalue weighted by molar-refractivity contribution is 5.69. The van der Waals surface area contributed by atoms with Gasteiger partial charge in [-0.2, -0.15) is 0 Å². The number of H-pyrrole nitrogens is 1. The zero-order valence-corrected chi connectivity index (χ0v) is 13.1. The molecule has 3 heterocycles. The quantitative estimate of drug-likeness (QED) is 0.508. The van der Waals surface area contributed by atoms with Crippen molar-refractivity contribution in [1.82, 2.24) is 19.1 Å². The summed E-state index contributed by atoms with van der Waals surface area (Å²) >= 11 is 0. The van der Waals surface area contributed by atoms with Crippen LogP contribution in [0.2, 0.25) is 0 Å². The number of hydrogen-bond donors (Lipinski definition) is 4. The van der Waals surface area contributed by atoms with Crippen LogP contribution in [-0.2, 0) is 11.3 Å². The number of fused-ring (bicyclic) bond motifs is 1. The smallest absolute Gasteiger partial charge is 0.330 e. The van der Waals surface area contributed by atoms with Crippen LogP contribution in [0.3, 0.4) is 0 Å². The minimum absolute atomic E-state index is 0.0699. The van der Waals surface area contributed by atoms with Gasteiger partial charge in [0.2, 0.25) is 0 Å². The van der Waals surface area contributed by atoms with Gasteiger partial charge in [0.1, 0.15) is 18.3 Å². The molecule has 1 saturated heterocycles. The van der Waals surface area contributed by atoms with Crippen LogP contribution in [0.25, 0.3) is 11.2 Å². The summed E-state index contributed by atoms with van der Waals surface area (Å²) < 4.78 is 7.78. The molecule has 0 aromatic carbocycles. The Balaban J connectivity index is 2.10. The third-order valence-corrected chi connectivity index (χ3v) is 4.24. The number of imidazole rings is 1. The molecule has 0 saturated carbocycles. The first-order valence-corrected chi connectivity index (χ1v) is 7.81. The van der Waals surface area contributed by atoms with Crippen molar-refractivity contribution in [3.8, 4) is 0 Å². The zero-order valence-electron chi connectivity index (χ0n) is 13.1. The molecule has 0 radical (unpaired) electrons. The number of hydrogen-bond acceptors (Lipinski definition) is 7. The lowest BCUT2D eigenvalue weighted by Gasteiger charge is -2.16. The van der Waals surface area contributed by atoms with Crippen LogP contribution in [0.4, 0.5) is 0 Å². The maximum absolute atomic E-state index is 12.7. The number of ether oxygens (including phenoxy) is 1. The summed E-state index contributed by atoms with van der Waals surface area (Å²) in [5.74, 6) is 0. The molecular weight excluding hydrogens is 320 g/mol. The van der Waals surface area contributed by atoms with Crippen LogP contribution < -0.4 is 11.2 Å². The lowest BCUT2D eigenvalue weighted by Crippen LogP contribution is -2.37. The van der Waals surface area contributed by atoms with Gasteiger partial charge in [-0.3, -0.25) is 18.9 Å². The van der Waals surface area contributed by atoms with Gasteiger partial charge in [0.05, 0.1) is 12.9 Å². The molecule has 2 aromatic rings. The van der Waals surface area contributed by atoms with E-state index in [4.69, 9.17) is 4.74 Å². The number of unbranched alkanes of at least 4 members (excludes halogenated alkanes) is 1. The van der Waals surface area contributed by atoms with Crippen molar-refractivity contribution in [3.05, 3.63) is 27.2 Å². The maximum Gasteiger partial charge on any atom is 0.330 e.